The van der Waals surface area contributed by atoms with E-state index in [0.29, 0.717) is 19.3 Å². The highest BCUT2D eigenvalue weighted by molar-refractivity contribution is 5.94. The van der Waals surface area contributed by atoms with Crippen molar-refractivity contribution < 1.29 is 14.3 Å². The Morgan fingerprint density at radius 2 is 2.16 bits per heavy atom. The summed E-state index contributed by atoms with van der Waals surface area (Å²) in [6, 6.07) is 5.71. The fraction of sp³-hybridized carbons (Fsp3) is 0.526. The van der Waals surface area contributed by atoms with Gasteiger partial charge in [0.1, 0.15) is 5.75 Å². The van der Waals surface area contributed by atoms with Gasteiger partial charge in [-0.1, -0.05) is 0 Å². The van der Waals surface area contributed by atoms with Gasteiger partial charge in [0, 0.05) is 24.7 Å². The number of ether oxygens (including phenoxy) is 2. The van der Waals surface area contributed by atoms with Crippen molar-refractivity contribution in [2.45, 2.75) is 25.4 Å². The van der Waals surface area contributed by atoms with E-state index < -0.39 is 0 Å². The molecule has 1 N–H and O–H groups in total. The number of nitrogens with zero attached hydrogens (tertiary/aromatic N) is 2. The number of rotatable bonds is 8. The molecule has 1 fully saturated rings. The Bertz CT molecular complexity index is 735. The lowest BCUT2D eigenvalue weighted by molar-refractivity contribution is 0.122. The molecular weight excluding hydrogens is 318 g/mol. The molecule has 3 rings (SSSR count). The molecule has 1 aromatic carbocycles. The highest BCUT2D eigenvalue weighted by atomic mass is 16.5. The molecule has 1 aliphatic rings. The van der Waals surface area contributed by atoms with Gasteiger partial charge < -0.3 is 19.7 Å². The highest BCUT2D eigenvalue weighted by Crippen LogP contribution is 2.26. The lowest BCUT2D eigenvalue weighted by atomic mass is 10.1. The number of carbonyl (C=O) groups is 1. The van der Waals surface area contributed by atoms with Gasteiger partial charge >= 0.3 is 6.03 Å². The zero-order chi connectivity index (χ0) is 17.8. The van der Waals surface area contributed by atoms with Gasteiger partial charge in [-0.25, -0.2) is 4.79 Å². The van der Waals surface area contributed by atoms with Crippen molar-refractivity contribution in [3.8, 4) is 5.75 Å². The highest BCUT2D eigenvalue weighted by Gasteiger charge is 2.21. The summed E-state index contributed by atoms with van der Waals surface area (Å²) >= 11 is 0. The molecule has 1 saturated carbocycles. The normalized spacial score (nSPS) is 14.2. The van der Waals surface area contributed by atoms with Crippen LogP contribution in [-0.2, 0) is 11.2 Å². The number of likely N-dealkylation sites (N-methyl/N-ethyl adjacent to an activating group) is 1. The van der Waals surface area contributed by atoms with Crippen LogP contribution in [0.2, 0.25) is 0 Å². The van der Waals surface area contributed by atoms with E-state index in [2.05, 4.69) is 10.2 Å². The lowest BCUT2D eigenvalue weighted by Gasteiger charge is -2.08. The van der Waals surface area contributed by atoms with Gasteiger partial charge in [-0.3, -0.25) is 4.57 Å². The third-order valence-electron chi connectivity index (χ3n) is 4.40. The molecule has 0 unspecified atom stereocenters. The van der Waals surface area contributed by atoms with Crippen molar-refractivity contribution in [2.24, 2.45) is 0 Å². The minimum absolute atomic E-state index is 0.120. The number of methoxy groups -OCH3 is 1. The third kappa shape index (κ3) is 4.52. The maximum absolute atomic E-state index is 12.6. The summed E-state index contributed by atoms with van der Waals surface area (Å²) in [5.41, 5.74) is 2.04. The average Bonchev–Trinajstić information content (AvgIpc) is 3.36. The quantitative estimate of drug-likeness (QED) is 0.747. The summed E-state index contributed by atoms with van der Waals surface area (Å²) in [4.78, 5) is 14.7. The molecule has 1 amide bonds. The Morgan fingerprint density at radius 3 is 2.84 bits per heavy atom. The smallest absolute Gasteiger partial charge is 0.326 e. The van der Waals surface area contributed by atoms with E-state index in [1.54, 1.807) is 11.7 Å². The van der Waals surface area contributed by atoms with Gasteiger partial charge in [-0.2, -0.15) is 0 Å². The molecule has 0 saturated heterocycles. The van der Waals surface area contributed by atoms with E-state index in [-0.39, 0.29) is 6.03 Å². The third-order valence-corrected chi connectivity index (χ3v) is 4.40. The Balaban J connectivity index is 1.76. The monoisotopic (exact) mass is 345 g/mol. The Morgan fingerprint density at radius 1 is 1.36 bits per heavy atom. The number of hydrogen-bond donors (Lipinski definition) is 1. The van der Waals surface area contributed by atoms with Crippen molar-refractivity contribution in [3.63, 3.8) is 0 Å². The van der Waals surface area contributed by atoms with Crippen molar-refractivity contribution in [1.29, 1.82) is 0 Å². The fourth-order valence-electron chi connectivity index (χ4n) is 2.82. The van der Waals surface area contributed by atoms with Crippen LogP contribution in [0.15, 0.2) is 24.4 Å². The van der Waals surface area contributed by atoms with Gasteiger partial charge in [0.05, 0.1) is 25.3 Å². The first-order valence-corrected chi connectivity index (χ1v) is 8.81. The van der Waals surface area contributed by atoms with Gasteiger partial charge in [0.25, 0.3) is 0 Å². The van der Waals surface area contributed by atoms with Crippen LogP contribution in [0, 0.1) is 0 Å². The Hall–Kier alpha value is -2.05. The van der Waals surface area contributed by atoms with Crippen LogP contribution in [-0.4, -0.2) is 62.5 Å². The van der Waals surface area contributed by atoms with Crippen LogP contribution >= 0.6 is 0 Å². The van der Waals surface area contributed by atoms with Crippen LogP contribution in [0.4, 0.5) is 4.79 Å². The number of hydrogen-bond acceptors (Lipinski definition) is 4. The molecule has 136 valence electrons. The van der Waals surface area contributed by atoms with Crippen LogP contribution in [0.1, 0.15) is 18.4 Å². The van der Waals surface area contributed by atoms with Crippen LogP contribution in [0.5, 0.6) is 5.75 Å². The summed E-state index contributed by atoms with van der Waals surface area (Å²) in [7, 11) is 5.75. The number of aromatic nitrogens is 1. The summed E-state index contributed by atoms with van der Waals surface area (Å²) < 4.78 is 12.6. The largest absolute Gasteiger partial charge is 0.497 e. The van der Waals surface area contributed by atoms with Crippen molar-refractivity contribution >= 4 is 16.9 Å². The maximum Gasteiger partial charge on any atom is 0.326 e. The van der Waals surface area contributed by atoms with Gasteiger partial charge in [0.15, 0.2) is 0 Å². The first-order chi connectivity index (χ1) is 12.1. The number of nitrogens with one attached hydrogen (secondary N) is 1. The second-order valence-corrected chi connectivity index (χ2v) is 6.76. The average molecular weight is 345 g/mol. The van der Waals surface area contributed by atoms with E-state index in [1.807, 2.05) is 38.5 Å². The van der Waals surface area contributed by atoms with E-state index in [9.17, 15) is 4.79 Å². The first-order valence-electron chi connectivity index (χ1n) is 8.81. The van der Waals surface area contributed by atoms with E-state index in [4.69, 9.17) is 9.47 Å². The second kappa shape index (κ2) is 7.89. The first kappa shape index (κ1) is 17.8. The van der Waals surface area contributed by atoms with E-state index in [0.717, 1.165) is 48.0 Å². The SMILES string of the molecule is COc1ccc2c(c1)c(CCN(C)C)cn2C(=O)NCCOC1CC1. The van der Waals surface area contributed by atoms with Crippen LogP contribution in [0.3, 0.4) is 0 Å². The Kier molecular flexibility index (Phi) is 5.60. The predicted molar refractivity (Wildman–Crippen MR) is 98.5 cm³/mol. The van der Waals surface area contributed by atoms with E-state index in [1.165, 1.54) is 0 Å². The molecule has 6 heteroatoms. The molecule has 6 nitrogen and oxygen atoms in total. The van der Waals surface area contributed by atoms with Gasteiger partial charge in [-0.15, -0.1) is 0 Å². The minimum atomic E-state index is -0.120. The molecule has 0 spiro atoms. The molecular formula is C19H27N3O3. The van der Waals surface area contributed by atoms with Gasteiger partial charge in [-0.05, 0) is 57.1 Å². The van der Waals surface area contributed by atoms with Gasteiger partial charge in [0.2, 0.25) is 0 Å². The number of fused-ring (bicyclic) bond motifs is 1. The number of carbonyl (C=O) groups excluding carboxylic acids is 1. The predicted octanol–water partition coefficient (Wildman–Crippen LogP) is 2.49. The minimum Gasteiger partial charge on any atom is -0.497 e. The standard InChI is InChI=1S/C19H27N3O3/c1-21(2)10-8-14-13-22(18-7-6-16(24-3)12-17(14)18)19(23)20-9-11-25-15-4-5-15/h6-7,12-13,15H,4-5,8-11H2,1-3H3,(H,20,23). The fourth-order valence-corrected chi connectivity index (χ4v) is 2.82. The van der Waals surface area contributed by atoms with Crippen molar-refractivity contribution in [2.75, 3.05) is 40.9 Å². The summed E-state index contributed by atoms with van der Waals surface area (Å²) in [5, 5.41) is 4.00. The summed E-state index contributed by atoms with van der Waals surface area (Å²) in [6.45, 7) is 2.02. The van der Waals surface area contributed by atoms with E-state index >= 15 is 0 Å². The molecule has 25 heavy (non-hydrogen) atoms. The summed E-state index contributed by atoms with van der Waals surface area (Å²) in [5.74, 6) is 0.801. The van der Waals surface area contributed by atoms with Crippen molar-refractivity contribution in [1.82, 2.24) is 14.8 Å². The van der Waals surface area contributed by atoms with Crippen molar-refractivity contribution in [3.05, 3.63) is 30.0 Å². The zero-order valence-electron chi connectivity index (χ0n) is 15.2. The molecule has 1 aliphatic carbocycles. The molecule has 1 heterocycles. The summed E-state index contributed by atoms with van der Waals surface area (Å²) in [6.07, 6.45) is 5.52. The second-order valence-electron chi connectivity index (χ2n) is 6.76. The number of benzene rings is 1. The molecule has 1 aromatic heterocycles. The molecule has 0 radical (unpaired) electrons. The molecule has 0 aliphatic heterocycles. The number of amides is 1. The zero-order valence-corrected chi connectivity index (χ0v) is 15.2. The lowest BCUT2D eigenvalue weighted by Crippen LogP contribution is -2.31. The Labute approximate surface area is 148 Å². The maximum atomic E-state index is 12.6. The van der Waals surface area contributed by atoms with Crippen LogP contribution < -0.4 is 10.1 Å². The topological polar surface area (TPSA) is 55.7 Å². The molecule has 2 aromatic rings. The molecule has 0 bridgehead atoms. The van der Waals surface area contributed by atoms with Crippen LogP contribution in [0.25, 0.3) is 10.9 Å². The molecule has 0 atom stereocenters.